The minimum Gasteiger partial charge on any atom is -0.307 e. The lowest BCUT2D eigenvalue weighted by Crippen LogP contribution is -2.31. The number of hydrogen-bond donors (Lipinski definition) is 1. The Balaban J connectivity index is 1.98. The summed E-state index contributed by atoms with van der Waals surface area (Å²) in [5.74, 6) is -0.978. The van der Waals surface area contributed by atoms with Crippen molar-refractivity contribution in [1.82, 2.24) is 5.32 Å². The molecule has 0 heterocycles. The molecular formula is C17H25F2N. The number of halogens is 2. The zero-order valence-corrected chi connectivity index (χ0v) is 12.7. The molecule has 112 valence electrons. The SMILES string of the molecule is CC(NC1CCCC(C)(C)CC1)c1ccc(F)cc1F. The Hall–Kier alpha value is -0.960. The van der Waals surface area contributed by atoms with E-state index in [0.717, 1.165) is 18.9 Å². The zero-order chi connectivity index (χ0) is 14.8. The summed E-state index contributed by atoms with van der Waals surface area (Å²) in [7, 11) is 0. The van der Waals surface area contributed by atoms with Gasteiger partial charge in [0.25, 0.3) is 0 Å². The first-order valence-corrected chi connectivity index (χ1v) is 7.58. The van der Waals surface area contributed by atoms with Gasteiger partial charge in [-0.2, -0.15) is 0 Å². The quantitative estimate of drug-likeness (QED) is 0.771. The number of nitrogens with one attached hydrogen (secondary N) is 1. The van der Waals surface area contributed by atoms with Gasteiger partial charge in [-0.15, -0.1) is 0 Å². The Labute approximate surface area is 120 Å². The van der Waals surface area contributed by atoms with Crippen LogP contribution in [0.5, 0.6) is 0 Å². The minimum absolute atomic E-state index is 0.0817. The number of benzene rings is 1. The molecule has 0 aliphatic heterocycles. The minimum atomic E-state index is -0.519. The molecule has 2 unspecified atom stereocenters. The van der Waals surface area contributed by atoms with Crippen LogP contribution >= 0.6 is 0 Å². The molecule has 0 radical (unpaired) electrons. The van der Waals surface area contributed by atoms with Gasteiger partial charge in [0.2, 0.25) is 0 Å². The molecule has 0 amide bonds. The molecule has 0 bridgehead atoms. The van der Waals surface area contributed by atoms with Gasteiger partial charge in [-0.25, -0.2) is 8.78 Å². The van der Waals surface area contributed by atoms with Crippen LogP contribution in [-0.2, 0) is 0 Å². The summed E-state index contributed by atoms with van der Waals surface area (Å²) in [4.78, 5) is 0. The van der Waals surface area contributed by atoms with Crippen LogP contribution in [0.2, 0.25) is 0 Å². The van der Waals surface area contributed by atoms with Crippen molar-refractivity contribution in [2.75, 3.05) is 0 Å². The zero-order valence-electron chi connectivity index (χ0n) is 12.7. The first-order chi connectivity index (χ1) is 9.37. The van der Waals surface area contributed by atoms with E-state index in [9.17, 15) is 8.78 Å². The van der Waals surface area contributed by atoms with E-state index in [1.165, 1.54) is 25.3 Å². The van der Waals surface area contributed by atoms with Crippen molar-refractivity contribution in [3.63, 3.8) is 0 Å². The van der Waals surface area contributed by atoms with Gasteiger partial charge < -0.3 is 5.32 Å². The second-order valence-electron chi connectivity index (χ2n) is 6.85. The van der Waals surface area contributed by atoms with Crippen LogP contribution in [0.15, 0.2) is 18.2 Å². The monoisotopic (exact) mass is 281 g/mol. The average Bonchev–Trinajstić information content (AvgIpc) is 2.51. The normalized spacial score (nSPS) is 24.1. The Kier molecular flexibility index (Phi) is 4.79. The molecule has 1 aliphatic carbocycles. The van der Waals surface area contributed by atoms with Crippen LogP contribution in [0.3, 0.4) is 0 Å². The lowest BCUT2D eigenvalue weighted by atomic mass is 9.85. The molecule has 1 aromatic carbocycles. The molecule has 1 N–H and O–H groups in total. The number of hydrogen-bond acceptors (Lipinski definition) is 1. The van der Waals surface area contributed by atoms with Crippen molar-refractivity contribution < 1.29 is 8.78 Å². The van der Waals surface area contributed by atoms with Gasteiger partial charge >= 0.3 is 0 Å². The van der Waals surface area contributed by atoms with Crippen molar-refractivity contribution in [2.45, 2.75) is 65.0 Å². The van der Waals surface area contributed by atoms with Crippen LogP contribution in [0.25, 0.3) is 0 Å². The second kappa shape index (κ2) is 6.21. The van der Waals surface area contributed by atoms with E-state index in [1.807, 2.05) is 6.92 Å². The van der Waals surface area contributed by atoms with Gasteiger partial charge in [-0.05, 0) is 44.1 Å². The Morgan fingerprint density at radius 3 is 2.65 bits per heavy atom. The molecule has 1 aliphatic rings. The van der Waals surface area contributed by atoms with E-state index in [0.29, 0.717) is 17.0 Å². The fraction of sp³-hybridized carbons (Fsp3) is 0.647. The Bertz CT molecular complexity index is 456. The first-order valence-electron chi connectivity index (χ1n) is 7.58. The van der Waals surface area contributed by atoms with Crippen molar-refractivity contribution >= 4 is 0 Å². The van der Waals surface area contributed by atoms with Gasteiger partial charge in [0.05, 0.1) is 0 Å². The molecule has 0 spiro atoms. The molecule has 20 heavy (non-hydrogen) atoms. The topological polar surface area (TPSA) is 12.0 Å². The van der Waals surface area contributed by atoms with Gasteiger partial charge in [-0.1, -0.05) is 26.3 Å². The van der Waals surface area contributed by atoms with Crippen molar-refractivity contribution in [1.29, 1.82) is 0 Å². The van der Waals surface area contributed by atoms with Crippen LogP contribution in [0.4, 0.5) is 8.78 Å². The van der Waals surface area contributed by atoms with Crippen molar-refractivity contribution in [3.05, 3.63) is 35.4 Å². The third-order valence-electron chi connectivity index (χ3n) is 4.49. The van der Waals surface area contributed by atoms with E-state index >= 15 is 0 Å². The standard InChI is InChI=1S/C17H25F2N/c1-12(15-7-6-13(18)11-16(15)19)20-14-5-4-9-17(2,3)10-8-14/h6-7,11-12,14,20H,4-5,8-10H2,1-3H3. The van der Waals surface area contributed by atoms with E-state index in [-0.39, 0.29) is 6.04 Å². The largest absolute Gasteiger partial charge is 0.307 e. The summed E-state index contributed by atoms with van der Waals surface area (Å²) in [6, 6.07) is 4.18. The summed E-state index contributed by atoms with van der Waals surface area (Å²) < 4.78 is 26.7. The summed E-state index contributed by atoms with van der Waals surface area (Å²) in [5, 5.41) is 3.51. The van der Waals surface area contributed by atoms with E-state index in [4.69, 9.17) is 0 Å². The van der Waals surface area contributed by atoms with Gasteiger partial charge in [-0.3, -0.25) is 0 Å². The first kappa shape index (κ1) is 15.4. The predicted octanol–water partition coefficient (Wildman–Crippen LogP) is 4.97. The molecule has 2 rings (SSSR count). The smallest absolute Gasteiger partial charge is 0.130 e. The fourth-order valence-electron chi connectivity index (χ4n) is 3.12. The van der Waals surface area contributed by atoms with E-state index in [2.05, 4.69) is 19.2 Å². The highest BCUT2D eigenvalue weighted by Crippen LogP contribution is 2.34. The van der Waals surface area contributed by atoms with Crippen LogP contribution in [0, 0.1) is 17.0 Å². The lowest BCUT2D eigenvalue weighted by Gasteiger charge is -2.24. The summed E-state index contributed by atoms with van der Waals surface area (Å²) in [6.07, 6.45) is 5.92. The third-order valence-corrected chi connectivity index (χ3v) is 4.49. The van der Waals surface area contributed by atoms with Crippen LogP contribution in [0.1, 0.15) is 64.5 Å². The maximum absolute atomic E-state index is 13.8. The molecule has 0 aromatic heterocycles. The average molecular weight is 281 g/mol. The fourth-order valence-corrected chi connectivity index (χ4v) is 3.12. The maximum Gasteiger partial charge on any atom is 0.130 e. The van der Waals surface area contributed by atoms with E-state index < -0.39 is 11.6 Å². The maximum atomic E-state index is 13.8. The molecule has 1 fully saturated rings. The summed E-state index contributed by atoms with van der Waals surface area (Å²) in [5.41, 5.74) is 0.968. The molecule has 1 nitrogen and oxygen atoms in total. The Morgan fingerprint density at radius 1 is 1.20 bits per heavy atom. The van der Waals surface area contributed by atoms with Crippen LogP contribution in [-0.4, -0.2) is 6.04 Å². The lowest BCUT2D eigenvalue weighted by molar-refractivity contribution is 0.307. The van der Waals surface area contributed by atoms with Crippen molar-refractivity contribution in [3.8, 4) is 0 Å². The molecule has 2 atom stereocenters. The highest BCUT2D eigenvalue weighted by molar-refractivity contribution is 5.21. The summed E-state index contributed by atoms with van der Waals surface area (Å²) >= 11 is 0. The summed E-state index contributed by atoms with van der Waals surface area (Å²) in [6.45, 7) is 6.59. The van der Waals surface area contributed by atoms with E-state index in [1.54, 1.807) is 6.07 Å². The number of rotatable bonds is 3. The van der Waals surface area contributed by atoms with Gasteiger partial charge in [0.1, 0.15) is 11.6 Å². The highest BCUT2D eigenvalue weighted by Gasteiger charge is 2.25. The molecule has 1 aromatic rings. The van der Waals surface area contributed by atoms with Gasteiger partial charge in [0.15, 0.2) is 0 Å². The Morgan fingerprint density at radius 2 is 1.95 bits per heavy atom. The van der Waals surface area contributed by atoms with Gasteiger partial charge in [0, 0.05) is 23.7 Å². The van der Waals surface area contributed by atoms with Crippen molar-refractivity contribution in [2.24, 2.45) is 5.41 Å². The highest BCUT2D eigenvalue weighted by atomic mass is 19.1. The molecular weight excluding hydrogens is 256 g/mol. The second-order valence-corrected chi connectivity index (χ2v) is 6.85. The third kappa shape index (κ3) is 4.02. The molecule has 1 saturated carbocycles. The predicted molar refractivity (Wildman–Crippen MR) is 78.6 cm³/mol. The van der Waals surface area contributed by atoms with Crippen LogP contribution < -0.4 is 5.32 Å². The molecule has 3 heteroatoms. The molecule has 0 saturated heterocycles.